The number of hydrogen-bond donors (Lipinski definition) is 0. The Bertz CT molecular complexity index is 3100. The molecule has 4 aromatic heterocycles. The lowest BCUT2D eigenvalue weighted by Gasteiger charge is -2.10. The van der Waals surface area contributed by atoms with Gasteiger partial charge in [0, 0.05) is 37.2 Å². The van der Waals surface area contributed by atoms with E-state index in [0.717, 1.165) is 70.6 Å². The number of nitrogens with zero attached hydrogens (tertiary/aromatic N) is 3. The van der Waals surface area contributed by atoms with Crippen LogP contribution in [-0.2, 0) is 0 Å². The van der Waals surface area contributed by atoms with Gasteiger partial charge in [-0.05, 0) is 52.2 Å². The zero-order chi connectivity index (χ0) is 32.1. The van der Waals surface area contributed by atoms with Crippen LogP contribution in [0.2, 0.25) is 0 Å². The van der Waals surface area contributed by atoms with Crippen molar-refractivity contribution in [3.05, 3.63) is 152 Å². The number of para-hydroxylation sites is 1. The van der Waals surface area contributed by atoms with Crippen molar-refractivity contribution in [1.82, 2.24) is 14.5 Å². The normalized spacial score (nSPS) is 12.1. The third kappa shape index (κ3) is 3.85. The molecule has 11 aromatic rings. The average molecular weight is 644 g/mol. The summed E-state index contributed by atoms with van der Waals surface area (Å²) in [7, 11) is 0. The van der Waals surface area contributed by atoms with Crippen LogP contribution in [0.1, 0.15) is 0 Å². The summed E-state index contributed by atoms with van der Waals surface area (Å²) in [6, 6.07) is 53.5. The molecule has 228 valence electrons. The van der Waals surface area contributed by atoms with Crippen LogP contribution in [0.5, 0.6) is 0 Å². The van der Waals surface area contributed by atoms with Gasteiger partial charge in [0.05, 0.1) is 21.4 Å². The van der Waals surface area contributed by atoms with E-state index in [9.17, 15) is 0 Å². The molecule has 49 heavy (non-hydrogen) atoms. The van der Waals surface area contributed by atoms with Gasteiger partial charge in [0.1, 0.15) is 11.1 Å². The van der Waals surface area contributed by atoms with Gasteiger partial charge in [-0.15, -0.1) is 11.3 Å². The molecule has 0 fully saturated rings. The van der Waals surface area contributed by atoms with Gasteiger partial charge in [-0.1, -0.05) is 121 Å². The highest BCUT2D eigenvalue weighted by Crippen LogP contribution is 2.44. The van der Waals surface area contributed by atoms with Gasteiger partial charge in [-0.2, -0.15) is 0 Å². The molecule has 4 heterocycles. The van der Waals surface area contributed by atoms with Gasteiger partial charge in [-0.3, -0.25) is 4.57 Å². The molecule has 7 aromatic carbocycles. The highest BCUT2D eigenvalue weighted by molar-refractivity contribution is 7.26. The van der Waals surface area contributed by atoms with E-state index >= 15 is 0 Å². The SMILES string of the molecule is c1ccc(-c2ccc3c(ccc4oc5c(ccc6c7ccccc7n(-c7nc(-c8ccccc8)c8sc9ccccc9c8n7)c65)c43)c2)cc1. The summed E-state index contributed by atoms with van der Waals surface area (Å²) in [5.74, 6) is 0.631. The van der Waals surface area contributed by atoms with Crippen molar-refractivity contribution in [1.29, 1.82) is 0 Å². The molecular formula is C44H25N3OS. The Morgan fingerprint density at radius 1 is 0.531 bits per heavy atom. The smallest absolute Gasteiger partial charge is 0.236 e. The first-order chi connectivity index (χ1) is 24.3. The Kier molecular flexibility index (Phi) is 5.51. The van der Waals surface area contributed by atoms with E-state index in [1.165, 1.54) is 26.6 Å². The van der Waals surface area contributed by atoms with E-state index in [1.807, 2.05) is 6.07 Å². The van der Waals surface area contributed by atoms with Crippen LogP contribution in [0.25, 0.3) is 103 Å². The first-order valence-corrected chi connectivity index (χ1v) is 17.2. The Hall–Kier alpha value is -6.30. The summed E-state index contributed by atoms with van der Waals surface area (Å²) in [6.07, 6.45) is 0. The minimum Gasteiger partial charge on any atom is -0.454 e. The third-order valence-electron chi connectivity index (χ3n) is 9.82. The van der Waals surface area contributed by atoms with Crippen LogP contribution < -0.4 is 0 Å². The van der Waals surface area contributed by atoms with Crippen LogP contribution in [0, 0.1) is 0 Å². The molecule has 0 bridgehead atoms. The molecule has 0 spiro atoms. The lowest BCUT2D eigenvalue weighted by Crippen LogP contribution is -2.02. The van der Waals surface area contributed by atoms with Crippen LogP contribution >= 0.6 is 11.3 Å². The lowest BCUT2D eigenvalue weighted by molar-refractivity contribution is 0.671. The zero-order valence-electron chi connectivity index (χ0n) is 26.1. The minimum absolute atomic E-state index is 0.631. The number of rotatable bonds is 3. The topological polar surface area (TPSA) is 43.9 Å². The molecule has 0 aliphatic carbocycles. The van der Waals surface area contributed by atoms with E-state index in [1.54, 1.807) is 11.3 Å². The Morgan fingerprint density at radius 2 is 1.24 bits per heavy atom. The standard InChI is InChI=1S/C44H25N3OS/c1-3-11-26(12-4-1)28-19-21-30-29(25-28)20-24-36-38(30)34-23-22-32-31-15-7-9-17-35(31)47(41(32)42(34)48-36)44-45-39(27-13-5-2-6-14-27)43-40(46-44)33-16-8-10-18-37(33)49-43/h1-25H. The minimum atomic E-state index is 0.631. The van der Waals surface area contributed by atoms with Gasteiger partial charge in [0.2, 0.25) is 5.95 Å². The maximum absolute atomic E-state index is 6.86. The molecule has 0 saturated carbocycles. The van der Waals surface area contributed by atoms with Crippen molar-refractivity contribution in [3.63, 3.8) is 0 Å². The lowest BCUT2D eigenvalue weighted by atomic mass is 9.98. The van der Waals surface area contributed by atoms with Crippen molar-refractivity contribution in [2.24, 2.45) is 0 Å². The maximum Gasteiger partial charge on any atom is 0.236 e. The van der Waals surface area contributed by atoms with Crippen LogP contribution in [0.4, 0.5) is 0 Å². The number of hydrogen-bond acceptors (Lipinski definition) is 4. The van der Waals surface area contributed by atoms with Gasteiger partial charge in [0.25, 0.3) is 0 Å². The molecule has 0 unspecified atom stereocenters. The van der Waals surface area contributed by atoms with E-state index in [-0.39, 0.29) is 0 Å². The van der Waals surface area contributed by atoms with Gasteiger partial charge in [0.15, 0.2) is 5.58 Å². The van der Waals surface area contributed by atoms with Crippen LogP contribution in [-0.4, -0.2) is 14.5 Å². The second-order valence-electron chi connectivity index (χ2n) is 12.5. The molecule has 5 heteroatoms. The monoisotopic (exact) mass is 643 g/mol. The summed E-state index contributed by atoms with van der Waals surface area (Å²) in [4.78, 5) is 10.7. The van der Waals surface area contributed by atoms with E-state index in [4.69, 9.17) is 14.4 Å². The molecule has 4 nitrogen and oxygen atoms in total. The Balaban J connectivity index is 1.25. The van der Waals surface area contributed by atoms with E-state index in [0.29, 0.717) is 5.95 Å². The van der Waals surface area contributed by atoms with Gasteiger partial charge in [-0.25, -0.2) is 9.97 Å². The number of furan rings is 1. The van der Waals surface area contributed by atoms with Crippen molar-refractivity contribution >= 4 is 86.2 Å². The summed E-state index contributed by atoms with van der Waals surface area (Å²) in [5, 5.41) is 7.94. The molecule has 0 radical (unpaired) electrons. The molecule has 0 saturated heterocycles. The average Bonchev–Trinajstić information content (AvgIpc) is 3.85. The molecule has 0 N–H and O–H groups in total. The fraction of sp³-hybridized carbons (Fsp3) is 0. The summed E-state index contributed by atoms with van der Waals surface area (Å²) in [5.41, 5.74) is 9.09. The fourth-order valence-electron chi connectivity index (χ4n) is 7.60. The predicted molar refractivity (Wildman–Crippen MR) is 205 cm³/mol. The molecule has 11 rings (SSSR count). The summed E-state index contributed by atoms with van der Waals surface area (Å²) in [6.45, 7) is 0. The summed E-state index contributed by atoms with van der Waals surface area (Å²) >= 11 is 1.75. The largest absolute Gasteiger partial charge is 0.454 e. The van der Waals surface area contributed by atoms with Crippen LogP contribution in [0.15, 0.2) is 156 Å². The van der Waals surface area contributed by atoms with Crippen molar-refractivity contribution in [3.8, 4) is 28.3 Å². The molecule has 0 amide bonds. The number of thiophene rings is 1. The second-order valence-corrected chi connectivity index (χ2v) is 13.6. The fourth-order valence-corrected chi connectivity index (χ4v) is 8.75. The number of fused-ring (bicyclic) bond motifs is 12. The second kappa shape index (κ2) is 10.1. The van der Waals surface area contributed by atoms with Crippen molar-refractivity contribution in [2.75, 3.05) is 0 Å². The van der Waals surface area contributed by atoms with Crippen molar-refractivity contribution in [2.45, 2.75) is 0 Å². The number of aromatic nitrogens is 3. The number of benzene rings is 7. The predicted octanol–water partition coefficient (Wildman–Crippen LogP) is 12.3. The highest BCUT2D eigenvalue weighted by atomic mass is 32.1. The first-order valence-electron chi connectivity index (χ1n) is 16.4. The summed E-state index contributed by atoms with van der Waals surface area (Å²) < 4.78 is 11.4. The van der Waals surface area contributed by atoms with E-state index in [2.05, 4.69) is 150 Å². The first kappa shape index (κ1) is 26.7. The van der Waals surface area contributed by atoms with Gasteiger partial charge >= 0.3 is 0 Å². The van der Waals surface area contributed by atoms with Gasteiger partial charge < -0.3 is 4.42 Å². The highest BCUT2D eigenvalue weighted by Gasteiger charge is 2.23. The Labute approximate surface area is 284 Å². The maximum atomic E-state index is 6.86. The molecule has 0 aliphatic heterocycles. The molecular weight excluding hydrogens is 619 g/mol. The zero-order valence-corrected chi connectivity index (χ0v) is 26.9. The molecule has 0 atom stereocenters. The van der Waals surface area contributed by atoms with Crippen molar-refractivity contribution < 1.29 is 4.42 Å². The van der Waals surface area contributed by atoms with Crippen LogP contribution in [0.3, 0.4) is 0 Å². The van der Waals surface area contributed by atoms with E-state index < -0.39 is 0 Å². The Morgan fingerprint density at radius 3 is 2.10 bits per heavy atom. The third-order valence-corrected chi connectivity index (χ3v) is 11.0. The molecule has 0 aliphatic rings. The quantitative estimate of drug-likeness (QED) is 0.192.